The van der Waals surface area contributed by atoms with Gasteiger partial charge in [-0.25, -0.2) is 0 Å². The van der Waals surface area contributed by atoms with Crippen molar-refractivity contribution in [2.75, 3.05) is 6.61 Å². The number of aromatic amines is 1. The molecule has 1 aromatic carbocycles. The lowest BCUT2D eigenvalue weighted by molar-refractivity contribution is 0.317. The number of aryl methyl sites for hydroxylation is 1. The van der Waals surface area contributed by atoms with Crippen LogP contribution in [0.1, 0.15) is 31.7 Å². The largest absolute Gasteiger partial charge is 0.493 e. The number of nitrogens with zero attached hydrogens (tertiary/aromatic N) is 3. The van der Waals surface area contributed by atoms with Gasteiger partial charge in [-0.1, -0.05) is 29.8 Å². The van der Waals surface area contributed by atoms with Crippen LogP contribution in [0.3, 0.4) is 0 Å². The van der Waals surface area contributed by atoms with Crippen molar-refractivity contribution in [1.82, 2.24) is 14.9 Å². The summed E-state index contributed by atoms with van der Waals surface area (Å²) in [6, 6.07) is 5.84. The molecule has 0 aliphatic rings. The van der Waals surface area contributed by atoms with Gasteiger partial charge in [0.05, 0.1) is 12.8 Å². The summed E-state index contributed by atoms with van der Waals surface area (Å²) in [7, 11) is 0. The highest BCUT2D eigenvalue weighted by Gasteiger charge is 2.05. The van der Waals surface area contributed by atoms with E-state index in [2.05, 4.69) is 38.2 Å². The molecule has 0 aliphatic heterocycles. The molecule has 0 bridgehead atoms. The number of aromatic nitrogens is 3. The number of H-pyrrole nitrogens is 1. The number of ether oxygens (including phenoxy) is 1. The van der Waals surface area contributed by atoms with Gasteiger partial charge in [-0.3, -0.25) is 5.10 Å². The second-order valence-corrected chi connectivity index (χ2v) is 5.69. The maximum atomic E-state index is 5.73. The lowest BCUT2D eigenvalue weighted by atomic mass is 10.2. The molecule has 1 aromatic heterocycles. The molecule has 0 atom stereocenters. The molecular formula is C14H17BrN4OS. The van der Waals surface area contributed by atoms with Crippen molar-refractivity contribution in [3.8, 4) is 5.75 Å². The Morgan fingerprint density at radius 3 is 3.00 bits per heavy atom. The molecule has 0 spiro atoms. The zero-order chi connectivity index (χ0) is 15.2. The molecule has 2 aromatic rings. The third-order valence-electron chi connectivity index (χ3n) is 2.78. The standard InChI is InChI=1S/C14H17BrN4OS/c1-3-7-20-12-6-5-11(15)8-10(12)9-16-19-13(4-2)17-18-14(19)21/h5-6,8-9H,3-4,7H2,1-2H3,(H,18,21)/b16-9-. The van der Waals surface area contributed by atoms with Crippen LogP contribution in [-0.4, -0.2) is 27.7 Å². The highest BCUT2D eigenvalue weighted by molar-refractivity contribution is 9.10. The van der Waals surface area contributed by atoms with Gasteiger partial charge in [-0.05, 0) is 36.8 Å². The smallest absolute Gasteiger partial charge is 0.216 e. The maximum absolute atomic E-state index is 5.73. The summed E-state index contributed by atoms with van der Waals surface area (Å²) in [4.78, 5) is 0. The predicted molar refractivity (Wildman–Crippen MR) is 89.7 cm³/mol. The summed E-state index contributed by atoms with van der Waals surface area (Å²) in [5, 5.41) is 11.3. The molecule has 0 unspecified atom stereocenters. The monoisotopic (exact) mass is 368 g/mol. The first-order valence-electron chi connectivity index (χ1n) is 6.78. The van der Waals surface area contributed by atoms with Crippen LogP contribution >= 0.6 is 28.1 Å². The number of halogens is 1. The lowest BCUT2D eigenvalue weighted by Gasteiger charge is -2.08. The van der Waals surface area contributed by atoms with Crippen molar-refractivity contribution >= 4 is 34.4 Å². The van der Waals surface area contributed by atoms with Crippen molar-refractivity contribution in [3.63, 3.8) is 0 Å². The molecule has 0 radical (unpaired) electrons. The zero-order valence-electron chi connectivity index (χ0n) is 12.0. The van der Waals surface area contributed by atoms with Crippen molar-refractivity contribution in [2.45, 2.75) is 26.7 Å². The Labute approximate surface area is 137 Å². The SMILES string of the molecule is CCCOc1ccc(Br)cc1/C=N\n1c(CC)n[nH]c1=S. The normalized spacial score (nSPS) is 11.2. The van der Waals surface area contributed by atoms with Gasteiger partial charge >= 0.3 is 0 Å². The van der Waals surface area contributed by atoms with Gasteiger partial charge in [0.2, 0.25) is 4.77 Å². The maximum Gasteiger partial charge on any atom is 0.216 e. The Hall–Kier alpha value is -1.47. The van der Waals surface area contributed by atoms with Crippen LogP contribution in [0.2, 0.25) is 0 Å². The fourth-order valence-electron chi connectivity index (χ4n) is 1.76. The molecule has 1 N–H and O–H groups in total. The lowest BCUT2D eigenvalue weighted by Crippen LogP contribution is -2.01. The quantitative estimate of drug-likeness (QED) is 0.620. The van der Waals surface area contributed by atoms with Crippen LogP contribution < -0.4 is 4.74 Å². The summed E-state index contributed by atoms with van der Waals surface area (Å²) in [6.45, 7) is 4.75. The van der Waals surface area contributed by atoms with E-state index in [1.54, 1.807) is 10.9 Å². The molecule has 0 aliphatic carbocycles. The zero-order valence-corrected chi connectivity index (χ0v) is 14.4. The second kappa shape index (κ2) is 7.51. The van der Waals surface area contributed by atoms with Crippen molar-refractivity contribution in [1.29, 1.82) is 0 Å². The summed E-state index contributed by atoms with van der Waals surface area (Å²) in [5.74, 6) is 1.60. The van der Waals surface area contributed by atoms with E-state index < -0.39 is 0 Å². The highest BCUT2D eigenvalue weighted by Crippen LogP contribution is 2.22. The van der Waals surface area contributed by atoms with E-state index in [1.807, 2.05) is 25.1 Å². The molecular weight excluding hydrogens is 352 g/mol. The van der Waals surface area contributed by atoms with E-state index in [0.717, 1.165) is 34.5 Å². The van der Waals surface area contributed by atoms with Gasteiger partial charge in [0, 0.05) is 16.5 Å². The van der Waals surface area contributed by atoms with E-state index in [-0.39, 0.29) is 0 Å². The molecule has 1 heterocycles. The minimum Gasteiger partial charge on any atom is -0.493 e. The van der Waals surface area contributed by atoms with Gasteiger partial charge < -0.3 is 4.74 Å². The van der Waals surface area contributed by atoms with Gasteiger partial charge in [-0.15, -0.1) is 0 Å². The molecule has 21 heavy (non-hydrogen) atoms. The first-order valence-corrected chi connectivity index (χ1v) is 7.98. The van der Waals surface area contributed by atoms with Gasteiger partial charge in [0.25, 0.3) is 0 Å². The first-order chi connectivity index (χ1) is 10.2. The predicted octanol–water partition coefficient (Wildman–Crippen LogP) is 3.94. The summed E-state index contributed by atoms with van der Waals surface area (Å²) in [5.41, 5.74) is 0.892. The van der Waals surface area contributed by atoms with Crippen LogP contribution in [0.25, 0.3) is 0 Å². The molecule has 0 saturated heterocycles. The van der Waals surface area contributed by atoms with Crippen molar-refractivity contribution in [3.05, 3.63) is 38.8 Å². The van der Waals surface area contributed by atoms with Crippen LogP contribution in [-0.2, 0) is 6.42 Å². The van der Waals surface area contributed by atoms with Gasteiger partial charge in [0.1, 0.15) is 5.75 Å². The summed E-state index contributed by atoms with van der Waals surface area (Å²) >= 11 is 8.64. The molecule has 7 heteroatoms. The van der Waals surface area contributed by atoms with Crippen molar-refractivity contribution in [2.24, 2.45) is 5.10 Å². The van der Waals surface area contributed by atoms with Gasteiger partial charge in [-0.2, -0.15) is 14.9 Å². The minimum absolute atomic E-state index is 0.481. The van der Waals surface area contributed by atoms with E-state index >= 15 is 0 Å². The number of hydrogen-bond donors (Lipinski definition) is 1. The summed E-state index contributed by atoms with van der Waals surface area (Å²) < 4.78 is 8.80. The molecule has 0 amide bonds. The number of hydrogen-bond acceptors (Lipinski definition) is 4. The fourth-order valence-corrected chi connectivity index (χ4v) is 2.33. The molecule has 112 valence electrons. The average molecular weight is 369 g/mol. The molecule has 2 rings (SSSR count). The second-order valence-electron chi connectivity index (χ2n) is 4.39. The Kier molecular flexibility index (Phi) is 5.69. The first kappa shape index (κ1) is 15.9. The number of nitrogens with one attached hydrogen (secondary N) is 1. The minimum atomic E-state index is 0.481. The van der Waals surface area contributed by atoms with E-state index in [4.69, 9.17) is 17.0 Å². The Bertz CT molecular complexity index is 693. The van der Waals surface area contributed by atoms with E-state index in [1.165, 1.54) is 0 Å². The molecule has 0 saturated carbocycles. The third kappa shape index (κ3) is 4.01. The van der Waals surface area contributed by atoms with Crippen LogP contribution in [0, 0.1) is 4.77 Å². The Balaban J connectivity index is 2.33. The van der Waals surface area contributed by atoms with Crippen molar-refractivity contribution < 1.29 is 4.74 Å². The van der Waals surface area contributed by atoms with Crippen LogP contribution in [0.4, 0.5) is 0 Å². The van der Waals surface area contributed by atoms with Crippen LogP contribution in [0.5, 0.6) is 5.75 Å². The summed E-state index contributed by atoms with van der Waals surface area (Å²) in [6.07, 6.45) is 3.45. The number of benzene rings is 1. The molecule has 0 fully saturated rings. The third-order valence-corrected chi connectivity index (χ3v) is 3.54. The Morgan fingerprint density at radius 1 is 1.48 bits per heavy atom. The highest BCUT2D eigenvalue weighted by atomic mass is 79.9. The molecule has 5 nitrogen and oxygen atoms in total. The van der Waals surface area contributed by atoms with E-state index in [9.17, 15) is 0 Å². The van der Waals surface area contributed by atoms with Gasteiger partial charge in [0.15, 0.2) is 5.82 Å². The topological polar surface area (TPSA) is 55.2 Å². The van der Waals surface area contributed by atoms with E-state index in [0.29, 0.717) is 11.4 Å². The average Bonchev–Trinajstić information content (AvgIpc) is 2.84. The van der Waals surface area contributed by atoms with Crippen LogP contribution in [0.15, 0.2) is 27.8 Å². The number of rotatable bonds is 6. The fraction of sp³-hybridized carbons (Fsp3) is 0.357. The Morgan fingerprint density at radius 2 is 2.29 bits per heavy atom.